The fraction of sp³-hybridized carbons (Fsp3) is 0.333. The van der Waals surface area contributed by atoms with Gasteiger partial charge in [-0.05, 0) is 67.9 Å². The van der Waals surface area contributed by atoms with E-state index in [0.717, 1.165) is 31.1 Å². The highest BCUT2D eigenvalue weighted by Crippen LogP contribution is 2.34. The molecular weight excluding hydrogens is 484 g/mol. The van der Waals surface area contributed by atoms with Gasteiger partial charge in [-0.3, -0.25) is 4.90 Å². The number of halogens is 1. The molecule has 3 N–H and O–H groups in total. The minimum absolute atomic E-state index is 0.0365. The number of ether oxygens (including phenoxy) is 3. The zero-order valence-electron chi connectivity index (χ0n) is 20.1. The molecule has 3 heterocycles. The number of nitrogen functional groups attached to an aromatic ring is 1. The van der Waals surface area contributed by atoms with Gasteiger partial charge in [0.1, 0.15) is 12.4 Å². The Morgan fingerprint density at radius 2 is 1.72 bits per heavy atom. The molecule has 0 aliphatic carbocycles. The number of likely N-dealkylation sites (tertiary alicyclic amines) is 1. The van der Waals surface area contributed by atoms with E-state index in [-0.39, 0.29) is 11.2 Å². The summed E-state index contributed by atoms with van der Waals surface area (Å²) in [6, 6.07) is 11.1. The Morgan fingerprint density at radius 3 is 2.44 bits per heavy atom. The maximum absolute atomic E-state index is 6.19. The lowest BCUT2D eigenvalue weighted by Gasteiger charge is -2.15. The molecule has 0 atom stereocenters. The predicted molar refractivity (Wildman–Crippen MR) is 138 cm³/mol. The van der Waals surface area contributed by atoms with Crippen molar-refractivity contribution in [2.75, 3.05) is 51.5 Å². The van der Waals surface area contributed by atoms with Crippen molar-refractivity contribution in [2.45, 2.75) is 12.8 Å². The van der Waals surface area contributed by atoms with Crippen LogP contribution in [0.25, 0.3) is 16.7 Å². The van der Waals surface area contributed by atoms with Gasteiger partial charge in [-0.15, -0.1) is 5.10 Å². The van der Waals surface area contributed by atoms with Crippen LogP contribution in [0.1, 0.15) is 12.8 Å². The molecule has 1 fully saturated rings. The standard InChI is InChI=1S/C24H27ClN8O3/c1-34-19-13-17-18(14-20(19)35-2)28-22(25)29-21(17)33-23(26)30-24(31-33)27-15-5-7-16(8-6-15)36-12-11-32-9-3-4-10-32/h5-8,13-14H,3-4,9-12H2,1-2H3,(H3,26,27,30,31). The van der Waals surface area contributed by atoms with Gasteiger partial charge in [-0.25, -0.2) is 4.98 Å². The molecular formula is C24H27ClN8O3. The first-order chi connectivity index (χ1) is 17.5. The summed E-state index contributed by atoms with van der Waals surface area (Å²) in [6.45, 7) is 3.93. The molecule has 11 nitrogen and oxygen atoms in total. The smallest absolute Gasteiger partial charge is 0.248 e. The highest BCUT2D eigenvalue weighted by Gasteiger charge is 2.18. The van der Waals surface area contributed by atoms with Gasteiger partial charge >= 0.3 is 0 Å². The summed E-state index contributed by atoms with van der Waals surface area (Å²) in [4.78, 5) is 15.4. The van der Waals surface area contributed by atoms with Gasteiger partial charge in [0.15, 0.2) is 17.3 Å². The van der Waals surface area contributed by atoms with Crippen LogP contribution in [0.2, 0.25) is 5.28 Å². The van der Waals surface area contributed by atoms with Crippen LogP contribution < -0.4 is 25.3 Å². The van der Waals surface area contributed by atoms with Crippen molar-refractivity contribution in [2.24, 2.45) is 0 Å². The third kappa shape index (κ3) is 5.07. The molecule has 2 aromatic heterocycles. The van der Waals surface area contributed by atoms with Crippen LogP contribution in [0, 0.1) is 0 Å². The Kier molecular flexibility index (Phi) is 6.92. The molecule has 5 rings (SSSR count). The molecule has 1 aliphatic heterocycles. The van der Waals surface area contributed by atoms with Crippen molar-refractivity contribution in [1.29, 1.82) is 0 Å². The molecule has 12 heteroatoms. The van der Waals surface area contributed by atoms with E-state index < -0.39 is 0 Å². The molecule has 2 aromatic carbocycles. The quantitative estimate of drug-likeness (QED) is 0.322. The minimum atomic E-state index is 0.0365. The Balaban J connectivity index is 1.34. The fourth-order valence-electron chi connectivity index (χ4n) is 4.17. The average Bonchev–Trinajstić information content (AvgIpc) is 3.53. The lowest BCUT2D eigenvalue weighted by atomic mass is 10.2. The molecule has 0 bridgehead atoms. The topological polar surface area (TPSA) is 125 Å². The molecule has 0 saturated carbocycles. The number of anilines is 3. The highest BCUT2D eigenvalue weighted by atomic mass is 35.5. The Morgan fingerprint density at radius 1 is 1.00 bits per heavy atom. The molecule has 0 spiro atoms. The van der Waals surface area contributed by atoms with Crippen LogP contribution in [-0.4, -0.2) is 70.1 Å². The highest BCUT2D eigenvalue weighted by molar-refractivity contribution is 6.28. The first kappa shape index (κ1) is 23.9. The number of hydrogen-bond donors (Lipinski definition) is 2. The van der Waals surface area contributed by atoms with Gasteiger partial charge in [0.05, 0.1) is 19.7 Å². The van der Waals surface area contributed by atoms with Crippen molar-refractivity contribution in [1.82, 2.24) is 29.6 Å². The first-order valence-corrected chi connectivity index (χ1v) is 12.0. The van der Waals surface area contributed by atoms with Gasteiger partial charge in [-0.2, -0.15) is 14.6 Å². The van der Waals surface area contributed by atoms with E-state index in [1.165, 1.54) is 17.5 Å². The summed E-state index contributed by atoms with van der Waals surface area (Å²) < 4.78 is 18.1. The SMILES string of the molecule is COc1cc2nc(Cl)nc(-n3nc(Nc4ccc(OCCN5CCCC5)cc4)nc3N)c2cc1OC. The number of methoxy groups -OCH3 is 2. The van der Waals surface area contributed by atoms with Crippen LogP contribution >= 0.6 is 11.6 Å². The summed E-state index contributed by atoms with van der Waals surface area (Å²) in [5.74, 6) is 2.64. The lowest BCUT2D eigenvalue weighted by molar-refractivity contribution is 0.238. The number of fused-ring (bicyclic) bond motifs is 1. The van der Waals surface area contributed by atoms with Gasteiger partial charge in [0, 0.05) is 23.7 Å². The van der Waals surface area contributed by atoms with Gasteiger partial charge < -0.3 is 25.3 Å². The number of hydrogen-bond acceptors (Lipinski definition) is 10. The van der Waals surface area contributed by atoms with Crippen molar-refractivity contribution in [3.8, 4) is 23.1 Å². The van der Waals surface area contributed by atoms with E-state index in [0.29, 0.717) is 40.8 Å². The number of nitrogens with one attached hydrogen (secondary N) is 1. The maximum atomic E-state index is 6.19. The summed E-state index contributed by atoms with van der Waals surface area (Å²) in [6.07, 6.45) is 2.55. The van der Waals surface area contributed by atoms with Crippen LogP contribution in [-0.2, 0) is 0 Å². The Labute approximate surface area is 213 Å². The third-order valence-electron chi connectivity index (χ3n) is 5.97. The normalized spacial score (nSPS) is 13.8. The van der Waals surface area contributed by atoms with Crippen LogP contribution in [0.4, 0.5) is 17.6 Å². The molecule has 1 saturated heterocycles. The largest absolute Gasteiger partial charge is 0.493 e. The summed E-state index contributed by atoms with van der Waals surface area (Å²) in [5.41, 5.74) is 7.53. The Hall–Kier alpha value is -3.83. The van der Waals surface area contributed by atoms with E-state index >= 15 is 0 Å². The van der Waals surface area contributed by atoms with Gasteiger partial charge in [0.2, 0.25) is 17.2 Å². The van der Waals surface area contributed by atoms with Gasteiger partial charge in [0.25, 0.3) is 0 Å². The zero-order chi connectivity index (χ0) is 25.1. The molecule has 0 unspecified atom stereocenters. The van der Waals surface area contributed by atoms with Crippen molar-refractivity contribution in [3.63, 3.8) is 0 Å². The second-order valence-electron chi connectivity index (χ2n) is 8.29. The van der Waals surface area contributed by atoms with Crippen molar-refractivity contribution < 1.29 is 14.2 Å². The third-order valence-corrected chi connectivity index (χ3v) is 6.14. The molecule has 4 aromatic rings. The second kappa shape index (κ2) is 10.4. The number of aromatic nitrogens is 5. The monoisotopic (exact) mass is 510 g/mol. The molecule has 0 radical (unpaired) electrons. The zero-order valence-corrected chi connectivity index (χ0v) is 20.8. The second-order valence-corrected chi connectivity index (χ2v) is 8.63. The number of nitrogens with zero attached hydrogens (tertiary/aromatic N) is 6. The Bertz CT molecular complexity index is 1360. The molecule has 0 amide bonds. The lowest BCUT2D eigenvalue weighted by Crippen LogP contribution is -2.25. The van der Waals surface area contributed by atoms with Crippen molar-refractivity contribution >= 4 is 40.1 Å². The number of benzene rings is 2. The first-order valence-electron chi connectivity index (χ1n) is 11.6. The van der Waals surface area contributed by atoms with Gasteiger partial charge in [-0.1, -0.05) is 0 Å². The summed E-state index contributed by atoms with van der Waals surface area (Å²) >= 11 is 6.19. The van der Waals surface area contributed by atoms with E-state index in [4.69, 9.17) is 31.5 Å². The van der Waals surface area contributed by atoms with E-state index in [2.05, 4.69) is 30.3 Å². The van der Waals surface area contributed by atoms with E-state index in [1.807, 2.05) is 24.3 Å². The molecule has 188 valence electrons. The molecule has 36 heavy (non-hydrogen) atoms. The van der Waals surface area contributed by atoms with Crippen LogP contribution in [0.3, 0.4) is 0 Å². The fourth-order valence-corrected chi connectivity index (χ4v) is 4.34. The minimum Gasteiger partial charge on any atom is -0.493 e. The van der Waals surface area contributed by atoms with Crippen molar-refractivity contribution in [3.05, 3.63) is 41.7 Å². The summed E-state index contributed by atoms with van der Waals surface area (Å²) in [7, 11) is 3.10. The van der Waals surface area contributed by atoms with Crippen LogP contribution in [0.15, 0.2) is 36.4 Å². The molecule has 1 aliphatic rings. The summed E-state index contributed by atoms with van der Waals surface area (Å²) in [5, 5.41) is 8.31. The maximum Gasteiger partial charge on any atom is 0.248 e. The van der Waals surface area contributed by atoms with E-state index in [1.54, 1.807) is 26.4 Å². The number of rotatable bonds is 9. The van der Waals surface area contributed by atoms with E-state index in [9.17, 15) is 0 Å². The van der Waals surface area contributed by atoms with Crippen LogP contribution in [0.5, 0.6) is 17.2 Å². The predicted octanol–water partition coefficient (Wildman–Crippen LogP) is 3.68. The average molecular weight is 511 g/mol. The number of nitrogens with two attached hydrogens (primary N) is 1.